The maximum atomic E-state index is 5.49. The Kier molecular flexibility index (Phi) is 5.15. The van der Waals surface area contributed by atoms with E-state index >= 15 is 0 Å². The van der Waals surface area contributed by atoms with Crippen LogP contribution < -0.4 is 0 Å². The number of benzene rings is 1. The van der Waals surface area contributed by atoms with E-state index in [1.165, 1.54) is 5.56 Å². The average molecular weight is 452 g/mol. The predicted octanol–water partition coefficient (Wildman–Crippen LogP) is 3.66. The summed E-state index contributed by atoms with van der Waals surface area (Å²) in [6.45, 7) is 4.06. The summed E-state index contributed by atoms with van der Waals surface area (Å²) in [5.41, 5.74) is 2.33. The lowest BCUT2D eigenvalue weighted by Gasteiger charge is -2.25. The van der Waals surface area contributed by atoms with Crippen molar-refractivity contribution >= 4 is 33.3 Å². The van der Waals surface area contributed by atoms with Crippen LogP contribution >= 0.6 is 23.1 Å². The van der Waals surface area contributed by atoms with Crippen molar-refractivity contribution in [1.82, 2.24) is 35.1 Å². The molecule has 2 fully saturated rings. The minimum Gasteiger partial charge on any atom is -0.379 e. The first-order chi connectivity index (χ1) is 15.3. The molecule has 0 bridgehead atoms. The molecule has 4 heterocycles. The molecule has 0 unspecified atom stereocenters. The quantitative estimate of drug-likeness (QED) is 0.411. The van der Waals surface area contributed by atoms with Gasteiger partial charge in [-0.25, -0.2) is 14.6 Å². The third kappa shape index (κ3) is 3.96. The van der Waals surface area contributed by atoms with Crippen molar-refractivity contribution in [1.29, 1.82) is 0 Å². The number of ether oxygens (including phenoxy) is 1. The van der Waals surface area contributed by atoms with Crippen molar-refractivity contribution in [2.24, 2.45) is 0 Å². The van der Waals surface area contributed by atoms with Gasteiger partial charge in [-0.1, -0.05) is 30.3 Å². The third-order valence-electron chi connectivity index (χ3n) is 5.54. The number of thiophene rings is 1. The van der Waals surface area contributed by atoms with E-state index in [-0.39, 0.29) is 0 Å². The molecule has 1 aliphatic heterocycles. The molecule has 4 aromatic rings. The molecule has 1 aliphatic carbocycles. The van der Waals surface area contributed by atoms with E-state index in [2.05, 4.69) is 50.1 Å². The predicted molar refractivity (Wildman–Crippen MR) is 119 cm³/mol. The molecule has 2 aliphatic rings. The van der Waals surface area contributed by atoms with Crippen molar-refractivity contribution in [3.63, 3.8) is 0 Å². The highest BCUT2D eigenvalue weighted by Crippen LogP contribution is 2.42. The van der Waals surface area contributed by atoms with E-state index in [1.807, 2.05) is 10.7 Å². The highest BCUT2D eigenvalue weighted by Gasteiger charge is 2.29. The average Bonchev–Trinajstić information content (AvgIpc) is 3.39. The van der Waals surface area contributed by atoms with Gasteiger partial charge >= 0.3 is 0 Å². The van der Waals surface area contributed by atoms with Crippen LogP contribution in [-0.4, -0.2) is 61.4 Å². The van der Waals surface area contributed by atoms with Gasteiger partial charge in [0, 0.05) is 24.0 Å². The van der Waals surface area contributed by atoms with Crippen LogP contribution in [-0.2, 0) is 11.3 Å². The highest BCUT2D eigenvalue weighted by molar-refractivity contribution is 7.99. The Morgan fingerprint density at radius 3 is 2.74 bits per heavy atom. The lowest BCUT2D eigenvalue weighted by molar-refractivity contribution is 0.0330. The lowest BCUT2D eigenvalue weighted by Crippen LogP contribution is -2.36. The molecule has 0 N–H and O–H groups in total. The number of tetrazole rings is 1. The van der Waals surface area contributed by atoms with E-state index in [1.54, 1.807) is 23.1 Å². The first-order valence-corrected chi connectivity index (χ1v) is 12.1. The molecule has 0 amide bonds. The number of aromatic nitrogens is 6. The van der Waals surface area contributed by atoms with Crippen LogP contribution in [0.4, 0.5) is 0 Å². The second-order valence-corrected chi connectivity index (χ2v) is 9.58. The molecule has 0 radical (unpaired) electrons. The zero-order valence-electron chi connectivity index (χ0n) is 16.8. The molecule has 3 aromatic heterocycles. The maximum Gasteiger partial charge on any atom is 0.215 e. The number of hydrogen-bond acceptors (Lipinski definition) is 9. The van der Waals surface area contributed by atoms with Crippen LogP contribution in [0.15, 0.2) is 45.9 Å². The maximum absolute atomic E-state index is 5.49. The molecule has 1 aromatic carbocycles. The molecular formula is C21H21N7OS2. The summed E-state index contributed by atoms with van der Waals surface area (Å²) < 4.78 is 7.43. The van der Waals surface area contributed by atoms with Gasteiger partial charge in [0.1, 0.15) is 15.7 Å². The topological polar surface area (TPSA) is 81.8 Å². The molecule has 10 heteroatoms. The fraction of sp³-hybridized carbons (Fsp3) is 0.381. The number of hydrogen-bond donors (Lipinski definition) is 0. The Morgan fingerprint density at radius 2 is 1.94 bits per heavy atom. The Hall–Kier alpha value is -2.40. The fourth-order valence-electron chi connectivity index (χ4n) is 3.77. The number of nitrogens with zero attached hydrogens (tertiary/aromatic N) is 7. The van der Waals surface area contributed by atoms with Crippen molar-refractivity contribution in [2.75, 3.05) is 26.3 Å². The van der Waals surface area contributed by atoms with Crippen LogP contribution in [0.3, 0.4) is 0 Å². The largest absolute Gasteiger partial charge is 0.379 e. The van der Waals surface area contributed by atoms with Gasteiger partial charge in [0.25, 0.3) is 0 Å². The number of morpholine rings is 1. The SMILES string of the molecule is c1ccc(-c2csc3nc(CN4CCOCC4)nc(Sc4nnnn4C4CC4)c23)cc1. The lowest BCUT2D eigenvalue weighted by atomic mass is 10.1. The zero-order chi connectivity index (χ0) is 20.6. The molecule has 0 atom stereocenters. The van der Waals surface area contributed by atoms with Gasteiger partial charge in [-0.05, 0) is 40.6 Å². The summed E-state index contributed by atoms with van der Waals surface area (Å²) in [6, 6.07) is 10.8. The van der Waals surface area contributed by atoms with Crippen molar-refractivity contribution in [3.8, 4) is 11.1 Å². The van der Waals surface area contributed by atoms with Crippen LogP contribution in [0.1, 0.15) is 24.7 Å². The highest BCUT2D eigenvalue weighted by atomic mass is 32.2. The smallest absolute Gasteiger partial charge is 0.215 e. The fourth-order valence-corrected chi connectivity index (χ4v) is 5.79. The Morgan fingerprint density at radius 1 is 1.10 bits per heavy atom. The summed E-state index contributed by atoms with van der Waals surface area (Å²) in [5, 5.41) is 17.4. The Bertz CT molecular complexity index is 1200. The van der Waals surface area contributed by atoms with E-state index < -0.39 is 0 Å². The van der Waals surface area contributed by atoms with Gasteiger partial charge in [0.2, 0.25) is 5.16 Å². The van der Waals surface area contributed by atoms with Crippen LogP contribution in [0.2, 0.25) is 0 Å². The van der Waals surface area contributed by atoms with Crippen molar-refractivity contribution in [2.45, 2.75) is 35.6 Å². The van der Waals surface area contributed by atoms with Gasteiger partial charge in [0.15, 0.2) is 0 Å². The monoisotopic (exact) mass is 451 g/mol. The normalized spacial score (nSPS) is 17.4. The minimum atomic E-state index is 0.415. The summed E-state index contributed by atoms with van der Waals surface area (Å²) in [6.07, 6.45) is 2.27. The van der Waals surface area contributed by atoms with Crippen LogP contribution in [0.5, 0.6) is 0 Å². The molecule has 1 saturated carbocycles. The number of rotatable bonds is 6. The summed E-state index contributed by atoms with van der Waals surface area (Å²) in [4.78, 5) is 13.3. The van der Waals surface area contributed by atoms with Crippen LogP contribution in [0.25, 0.3) is 21.3 Å². The van der Waals surface area contributed by atoms with Crippen molar-refractivity contribution < 1.29 is 4.74 Å². The molecule has 31 heavy (non-hydrogen) atoms. The van der Waals surface area contributed by atoms with Gasteiger partial charge < -0.3 is 4.74 Å². The second kappa shape index (κ2) is 8.27. The molecule has 8 nitrogen and oxygen atoms in total. The molecule has 6 rings (SSSR count). The standard InChI is InChI=1S/C21H21N7OS2/c1-2-4-14(5-3-1)16-13-30-19-18(16)20(31-21-24-25-26-28(21)15-6-7-15)23-17(22-19)12-27-8-10-29-11-9-27/h1-5,13,15H,6-12H2. The van der Waals surface area contributed by atoms with E-state index in [9.17, 15) is 0 Å². The molecule has 158 valence electrons. The molecule has 1 saturated heterocycles. The Labute approximate surface area is 187 Å². The van der Waals surface area contributed by atoms with Crippen LogP contribution in [0, 0.1) is 0 Å². The van der Waals surface area contributed by atoms with E-state index in [0.717, 1.165) is 77.5 Å². The van der Waals surface area contributed by atoms with Gasteiger partial charge in [-0.15, -0.1) is 16.4 Å². The Balaban J connectivity index is 1.43. The van der Waals surface area contributed by atoms with Crippen molar-refractivity contribution in [3.05, 3.63) is 41.5 Å². The third-order valence-corrected chi connectivity index (χ3v) is 7.36. The van der Waals surface area contributed by atoms with Gasteiger partial charge in [-0.2, -0.15) is 0 Å². The molecular weight excluding hydrogens is 430 g/mol. The van der Waals surface area contributed by atoms with Gasteiger partial charge in [-0.3, -0.25) is 4.90 Å². The molecule has 0 spiro atoms. The summed E-state index contributed by atoms with van der Waals surface area (Å²) in [7, 11) is 0. The first-order valence-electron chi connectivity index (χ1n) is 10.4. The minimum absolute atomic E-state index is 0.415. The van der Waals surface area contributed by atoms with E-state index in [4.69, 9.17) is 14.7 Å². The first kappa shape index (κ1) is 19.3. The summed E-state index contributed by atoms with van der Waals surface area (Å²) in [5.74, 6) is 0.837. The zero-order valence-corrected chi connectivity index (χ0v) is 18.5. The second-order valence-electron chi connectivity index (χ2n) is 7.77. The van der Waals surface area contributed by atoms with Gasteiger partial charge in [0.05, 0.1) is 31.2 Å². The summed E-state index contributed by atoms with van der Waals surface area (Å²) >= 11 is 3.22. The van der Waals surface area contributed by atoms with E-state index in [0.29, 0.717) is 6.04 Å². The number of fused-ring (bicyclic) bond motifs is 1.